The van der Waals surface area contributed by atoms with E-state index in [1.54, 1.807) is 0 Å². The first-order valence-corrected chi connectivity index (χ1v) is 5.39. The molecule has 0 aromatic carbocycles. The van der Waals surface area contributed by atoms with Gasteiger partial charge in [-0.3, -0.25) is 4.98 Å². The summed E-state index contributed by atoms with van der Waals surface area (Å²) in [4.78, 5) is 4.22. The predicted octanol–water partition coefficient (Wildman–Crippen LogP) is 2.25. The van der Waals surface area contributed by atoms with Crippen LogP contribution in [0.1, 0.15) is 36.3 Å². The topological polar surface area (TPSA) is 24.9 Å². The van der Waals surface area contributed by atoms with Gasteiger partial charge < -0.3 is 5.32 Å². The zero-order valence-corrected chi connectivity index (χ0v) is 8.96. The van der Waals surface area contributed by atoms with E-state index >= 15 is 0 Å². The zero-order valence-electron chi connectivity index (χ0n) is 8.96. The molecule has 76 valence electrons. The molecule has 0 saturated heterocycles. The van der Waals surface area contributed by atoms with E-state index < -0.39 is 0 Å². The van der Waals surface area contributed by atoms with Crippen LogP contribution in [0.4, 0.5) is 0 Å². The summed E-state index contributed by atoms with van der Waals surface area (Å²) in [7, 11) is 2.06. The maximum absolute atomic E-state index is 4.22. The first-order chi connectivity index (χ1) is 6.81. The van der Waals surface area contributed by atoms with Gasteiger partial charge in [0.1, 0.15) is 0 Å². The number of aromatic nitrogens is 1. The molecule has 1 fully saturated rings. The van der Waals surface area contributed by atoms with Gasteiger partial charge in [0.05, 0.1) is 0 Å². The van der Waals surface area contributed by atoms with Crippen molar-refractivity contribution in [1.82, 2.24) is 10.3 Å². The van der Waals surface area contributed by atoms with Crippen molar-refractivity contribution in [3.8, 4) is 0 Å². The number of nitrogens with one attached hydrogen (secondary N) is 1. The molecule has 0 spiro atoms. The minimum absolute atomic E-state index is 0.708. The monoisotopic (exact) mass is 190 g/mol. The van der Waals surface area contributed by atoms with Crippen LogP contribution < -0.4 is 5.32 Å². The number of nitrogens with zero attached hydrogens (tertiary/aromatic N) is 1. The van der Waals surface area contributed by atoms with Crippen LogP contribution in [0.3, 0.4) is 0 Å². The van der Waals surface area contributed by atoms with Gasteiger partial charge in [-0.2, -0.15) is 0 Å². The highest BCUT2D eigenvalue weighted by Crippen LogP contribution is 2.35. The Labute approximate surface area is 85.7 Å². The van der Waals surface area contributed by atoms with E-state index in [4.69, 9.17) is 0 Å². The third-order valence-electron chi connectivity index (χ3n) is 3.36. The molecule has 0 amide bonds. The van der Waals surface area contributed by atoms with Gasteiger partial charge in [0.15, 0.2) is 0 Å². The number of rotatable bonds is 2. The van der Waals surface area contributed by atoms with E-state index in [1.807, 2.05) is 12.4 Å². The summed E-state index contributed by atoms with van der Waals surface area (Å²) in [5.41, 5.74) is 2.84. The molecule has 1 N–H and O–H groups in total. The van der Waals surface area contributed by atoms with E-state index in [9.17, 15) is 0 Å². The average Bonchev–Trinajstić information content (AvgIpc) is 2.67. The molecule has 2 unspecified atom stereocenters. The van der Waals surface area contributed by atoms with E-state index in [0.717, 1.165) is 5.92 Å². The second-order valence-corrected chi connectivity index (χ2v) is 4.23. The van der Waals surface area contributed by atoms with Crippen LogP contribution >= 0.6 is 0 Å². The summed E-state index contributed by atoms with van der Waals surface area (Å²) >= 11 is 0. The van der Waals surface area contributed by atoms with Gasteiger partial charge in [-0.15, -0.1) is 0 Å². The average molecular weight is 190 g/mol. The summed E-state index contributed by atoms with van der Waals surface area (Å²) in [6.45, 7) is 2.18. The molecular formula is C12H18N2. The van der Waals surface area contributed by atoms with E-state index in [-0.39, 0.29) is 0 Å². The van der Waals surface area contributed by atoms with Crippen LogP contribution in [-0.2, 0) is 0 Å². The Kier molecular flexibility index (Phi) is 2.82. The van der Waals surface area contributed by atoms with Gasteiger partial charge in [-0.05, 0) is 56.3 Å². The van der Waals surface area contributed by atoms with Crippen molar-refractivity contribution < 1.29 is 0 Å². The maximum Gasteiger partial charge on any atom is 0.0305 e. The van der Waals surface area contributed by atoms with Crippen molar-refractivity contribution in [2.45, 2.75) is 38.1 Å². The molecule has 1 aromatic rings. The quantitative estimate of drug-likeness (QED) is 0.773. The van der Waals surface area contributed by atoms with Crippen molar-refractivity contribution in [3.05, 3.63) is 29.6 Å². The minimum Gasteiger partial charge on any atom is -0.317 e. The van der Waals surface area contributed by atoms with Gasteiger partial charge in [0.2, 0.25) is 0 Å². The number of aryl methyl sites for hydroxylation is 1. The third kappa shape index (κ3) is 1.80. The molecule has 0 radical (unpaired) electrons. The zero-order chi connectivity index (χ0) is 9.97. The highest BCUT2D eigenvalue weighted by molar-refractivity contribution is 5.26. The Hall–Kier alpha value is -0.890. The molecule has 0 bridgehead atoms. The molecule has 2 atom stereocenters. The number of pyridine rings is 1. The van der Waals surface area contributed by atoms with Crippen molar-refractivity contribution in [2.75, 3.05) is 7.05 Å². The highest BCUT2D eigenvalue weighted by atomic mass is 14.9. The number of hydrogen-bond donors (Lipinski definition) is 1. The summed E-state index contributed by atoms with van der Waals surface area (Å²) in [5, 5.41) is 3.36. The second-order valence-electron chi connectivity index (χ2n) is 4.23. The van der Waals surface area contributed by atoms with Gasteiger partial charge in [-0.25, -0.2) is 0 Å². The Bertz CT molecular complexity index is 309. The normalized spacial score (nSPS) is 26.7. The third-order valence-corrected chi connectivity index (χ3v) is 3.36. The smallest absolute Gasteiger partial charge is 0.0305 e. The molecule has 2 nitrogen and oxygen atoms in total. The molecule has 14 heavy (non-hydrogen) atoms. The first-order valence-electron chi connectivity index (χ1n) is 5.39. The van der Waals surface area contributed by atoms with Crippen molar-refractivity contribution in [1.29, 1.82) is 0 Å². The lowest BCUT2D eigenvalue weighted by Crippen LogP contribution is -2.21. The van der Waals surface area contributed by atoms with Crippen LogP contribution in [0, 0.1) is 6.92 Å². The van der Waals surface area contributed by atoms with Crippen LogP contribution in [0.5, 0.6) is 0 Å². The Morgan fingerprint density at radius 3 is 2.93 bits per heavy atom. The first kappa shape index (κ1) is 9.66. The molecule has 0 aliphatic heterocycles. The minimum atomic E-state index is 0.708. The van der Waals surface area contributed by atoms with Crippen LogP contribution in [0.25, 0.3) is 0 Å². The van der Waals surface area contributed by atoms with Crippen molar-refractivity contribution >= 4 is 0 Å². The fourth-order valence-corrected chi connectivity index (χ4v) is 2.43. The lowest BCUT2D eigenvalue weighted by atomic mass is 9.95. The molecular weight excluding hydrogens is 172 g/mol. The summed E-state index contributed by atoms with van der Waals surface area (Å²) in [6, 6.07) is 2.82. The van der Waals surface area contributed by atoms with Gasteiger partial charge in [-0.1, -0.05) is 0 Å². The number of hydrogen-bond acceptors (Lipinski definition) is 2. The second kappa shape index (κ2) is 4.09. The molecule has 1 heterocycles. The lowest BCUT2D eigenvalue weighted by molar-refractivity contribution is 0.571. The van der Waals surface area contributed by atoms with Gasteiger partial charge >= 0.3 is 0 Å². The Balaban J connectivity index is 2.13. The summed E-state index contributed by atoms with van der Waals surface area (Å²) in [5.74, 6) is 0.723. The Morgan fingerprint density at radius 2 is 2.29 bits per heavy atom. The van der Waals surface area contributed by atoms with Crippen molar-refractivity contribution in [3.63, 3.8) is 0 Å². The molecule has 1 aliphatic rings. The van der Waals surface area contributed by atoms with E-state index in [2.05, 4.69) is 30.3 Å². The van der Waals surface area contributed by atoms with Crippen LogP contribution in [0.15, 0.2) is 18.5 Å². The van der Waals surface area contributed by atoms with Crippen LogP contribution in [-0.4, -0.2) is 18.1 Å². The van der Waals surface area contributed by atoms with Crippen LogP contribution in [0.2, 0.25) is 0 Å². The molecule has 1 aliphatic carbocycles. The fraction of sp³-hybridized carbons (Fsp3) is 0.583. The summed E-state index contributed by atoms with van der Waals surface area (Å²) in [6.07, 6.45) is 7.79. The largest absolute Gasteiger partial charge is 0.317 e. The van der Waals surface area contributed by atoms with Gasteiger partial charge in [0, 0.05) is 18.4 Å². The van der Waals surface area contributed by atoms with E-state index in [0.29, 0.717) is 6.04 Å². The fourth-order valence-electron chi connectivity index (χ4n) is 2.43. The standard InChI is InChI=1S/C12H18N2/c1-9-5-6-14-8-12(9)10-3-4-11(7-10)13-2/h5-6,8,10-11,13H,3-4,7H2,1-2H3. The molecule has 2 heteroatoms. The SMILES string of the molecule is CNC1CCC(c2cnccc2C)C1. The van der Waals surface area contributed by atoms with Gasteiger partial charge in [0.25, 0.3) is 0 Å². The lowest BCUT2D eigenvalue weighted by Gasteiger charge is -2.12. The molecule has 1 aromatic heterocycles. The molecule has 1 saturated carbocycles. The predicted molar refractivity (Wildman–Crippen MR) is 58.4 cm³/mol. The van der Waals surface area contributed by atoms with E-state index in [1.165, 1.54) is 30.4 Å². The highest BCUT2D eigenvalue weighted by Gasteiger charge is 2.25. The molecule has 2 rings (SSSR count). The maximum atomic E-state index is 4.22. The summed E-state index contributed by atoms with van der Waals surface area (Å²) < 4.78 is 0. The van der Waals surface area contributed by atoms with Crippen molar-refractivity contribution in [2.24, 2.45) is 0 Å². The Morgan fingerprint density at radius 1 is 1.43 bits per heavy atom.